The summed E-state index contributed by atoms with van der Waals surface area (Å²) < 4.78 is 4.98. The number of carbonyl (C=O) groups excluding carboxylic acids is 1. The van der Waals surface area contributed by atoms with Gasteiger partial charge in [-0.05, 0) is 32.9 Å². The summed E-state index contributed by atoms with van der Waals surface area (Å²) in [4.78, 5) is 16.2. The number of nitrogens with one attached hydrogen (secondary N) is 1. The highest BCUT2D eigenvalue weighted by molar-refractivity contribution is 5.66. The third-order valence-corrected chi connectivity index (χ3v) is 1.51. The van der Waals surface area contributed by atoms with Crippen LogP contribution in [0.4, 0.5) is 10.5 Å². The second kappa shape index (κ2) is 4.74. The summed E-state index contributed by atoms with van der Waals surface area (Å²) in [5.74, 6) is 0.450. The number of hydroxylamine groups is 1. The first-order chi connectivity index (χ1) is 7.37. The molecule has 0 aromatic heterocycles. The molecule has 0 saturated heterocycles. The van der Waals surface area contributed by atoms with Gasteiger partial charge in [0.2, 0.25) is 0 Å². The fourth-order valence-electron chi connectivity index (χ4n) is 0.978. The van der Waals surface area contributed by atoms with Crippen LogP contribution in [0.15, 0.2) is 24.3 Å². The van der Waals surface area contributed by atoms with E-state index in [4.69, 9.17) is 15.3 Å². The van der Waals surface area contributed by atoms with Gasteiger partial charge in [0, 0.05) is 11.8 Å². The molecule has 1 aromatic rings. The Morgan fingerprint density at radius 1 is 1.38 bits per heavy atom. The first-order valence-corrected chi connectivity index (χ1v) is 4.88. The van der Waals surface area contributed by atoms with Crippen LogP contribution in [-0.2, 0) is 4.74 Å². The Hall–Kier alpha value is -1.91. The minimum Gasteiger partial charge on any atom is -0.442 e. The molecule has 1 aromatic carbocycles. The van der Waals surface area contributed by atoms with E-state index in [9.17, 15) is 4.79 Å². The molecule has 0 heterocycles. The first kappa shape index (κ1) is 12.2. The van der Waals surface area contributed by atoms with E-state index in [0.717, 1.165) is 0 Å². The van der Waals surface area contributed by atoms with Gasteiger partial charge < -0.3 is 15.3 Å². The molecule has 0 aliphatic heterocycles. The number of amides is 1. The molecule has 0 fully saturated rings. The number of hydrogen-bond donors (Lipinski definition) is 2. The third kappa shape index (κ3) is 4.54. The summed E-state index contributed by atoms with van der Waals surface area (Å²) in [6.07, 6.45) is -0.644. The molecular weight excluding hydrogens is 208 g/mol. The van der Waals surface area contributed by atoms with Crippen LogP contribution < -0.4 is 16.1 Å². The molecule has 5 nitrogen and oxygen atoms in total. The molecule has 1 amide bonds. The molecule has 0 aliphatic rings. The highest BCUT2D eigenvalue weighted by Crippen LogP contribution is 2.13. The van der Waals surface area contributed by atoms with Gasteiger partial charge in [0.1, 0.15) is 5.60 Å². The van der Waals surface area contributed by atoms with Crippen molar-refractivity contribution in [3.05, 3.63) is 24.3 Å². The molecule has 0 radical (unpaired) electrons. The number of benzene rings is 1. The van der Waals surface area contributed by atoms with E-state index >= 15 is 0 Å². The maximum absolute atomic E-state index is 11.2. The van der Waals surface area contributed by atoms with Gasteiger partial charge in [0.25, 0.3) is 0 Å². The van der Waals surface area contributed by atoms with Gasteiger partial charge in [-0.25, -0.2) is 4.79 Å². The van der Waals surface area contributed by atoms with Gasteiger partial charge in [-0.3, -0.25) is 0 Å². The second-order valence-corrected chi connectivity index (χ2v) is 4.28. The van der Waals surface area contributed by atoms with Crippen LogP contribution in [0.5, 0.6) is 5.75 Å². The number of ether oxygens (including phenoxy) is 1. The Morgan fingerprint density at radius 2 is 2.06 bits per heavy atom. The lowest BCUT2D eigenvalue weighted by Gasteiger charge is -2.19. The van der Waals surface area contributed by atoms with Gasteiger partial charge in [0.15, 0.2) is 5.75 Å². The van der Waals surface area contributed by atoms with Gasteiger partial charge in [-0.2, -0.15) is 5.48 Å². The largest absolute Gasteiger partial charge is 0.442 e. The zero-order chi connectivity index (χ0) is 12.2. The lowest BCUT2D eigenvalue weighted by atomic mass is 10.2. The Kier molecular flexibility index (Phi) is 3.60. The second-order valence-electron chi connectivity index (χ2n) is 4.28. The zero-order valence-corrected chi connectivity index (χ0v) is 9.61. The average molecular weight is 224 g/mol. The van der Waals surface area contributed by atoms with Crippen LogP contribution in [0.25, 0.3) is 0 Å². The van der Waals surface area contributed by atoms with Crippen LogP contribution in [0.1, 0.15) is 20.8 Å². The molecule has 0 unspecified atom stereocenters. The number of hydrogen-bond acceptors (Lipinski definition) is 4. The van der Waals surface area contributed by atoms with Crippen LogP contribution in [-0.4, -0.2) is 11.7 Å². The molecule has 0 saturated carbocycles. The Morgan fingerprint density at radius 3 is 2.62 bits per heavy atom. The Balaban J connectivity index is 2.43. The smallest absolute Gasteiger partial charge is 0.441 e. The van der Waals surface area contributed by atoms with Crippen LogP contribution in [0.3, 0.4) is 0 Å². The van der Waals surface area contributed by atoms with Crippen molar-refractivity contribution in [3.63, 3.8) is 0 Å². The molecule has 0 spiro atoms. The van der Waals surface area contributed by atoms with E-state index < -0.39 is 11.7 Å². The third-order valence-electron chi connectivity index (χ3n) is 1.51. The van der Waals surface area contributed by atoms with Crippen molar-refractivity contribution in [2.45, 2.75) is 26.4 Å². The van der Waals surface area contributed by atoms with Gasteiger partial charge >= 0.3 is 6.09 Å². The standard InChI is InChI=1S/C11H16N2O3/c1-11(2,3)15-10(14)13-16-9-6-4-5-8(12)7-9/h4-7H,12H2,1-3H3,(H,13,14). The van der Waals surface area contributed by atoms with Crippen molar-refractivity contribution in [1.82, 2.24) is 5.48 Å². The van der Waals surface area contributed by atoms with E-state index in [0.29, 0.717) is 11.4 Å². The highest BCUT2D eigenvalue weighted by atomic mass is 16.7. The lowest BCUT2D eigenvalue weighted by Crippen LogP contribution is -2.34. The van der Waals surface area contributed by atoms with Gasteiger partial charge in [-0.1, -0.05) is 6.07 Å². The van der Waals surface area contributed by atoms with Crippen LogP contribution in [0, 0.1) is 0 Å². The maximum atomic E-state index is 11.2. The molecule has 3 N–H and O–H groups in total. The molecule has 16 heavy (non-hydrogen) atoms. The van der Waals surface area contributed by atoms with Gasteiger partial charge in [-0.15, -0.1) is 0 Å². The topological polar surface area (TPSA) is 73.6 Å². The van der Waals surface area contributed by atoms with E-state index in [-0.39, 0.29) is 0 Å². The summed E-state index contributed by atoms with van der Waals surface area (Å²) in [6, 6.07) is 6.72. The van der Waals surface area contributed by atoms with E-state index in [1.165, 1.54) is 0 Å². The van der Waals surface area contributed by atoms with Gasteiger partial charge in [0.05, 0.1) is 0 Å². The van der Waals surface area contributed by atoms with E-state index in [1.807, 2.05) is 0 Å². The van der Waals surface area contributed by atoms with Crippen molar-refractivity contribution in [2.24, 2.45) is 0 Å². The van der Waals surface area contributed by atoms with Crippen molar-refractivity contribution in [3.8, 4) is 5.75 Å². The number of rotatable bonds is 2. The summed E-state index contributed by atoms with van der Waals surface area (Å²) in [7, 11) is 0. The average Bonchev–Trinajstić information content (AvgIpc) is 2.12. The summed E-state index contributed by atoms with van der Waals surface area (Å²) in [6.45, 7) is 5.31. The molecule has 5 heteroatoms. The zero-order valence-electron chi connectivity index (χ0n) is 9.61. The summed E-state index contributed by atoms with van der Waals surface area (Å²) in [5.41, 5.74) is 7.72. The van der Waals surface area contributed by atoms with Crippen LogP contribution >= 0.6 is 0 Å². The monoisotopic (exact) mass is 224 g/mol. The minimum absolute atomic E-state index is 0.450. The summed E-state index contributed by atoms with van der Waals surface area (Å²) >= 11 is 0. The number of nitrogens with two attached hydrogens (primary N) is 1. The highest BCUT2D eigenvalue weighted by Gasteiger charge is 2.16. The van der Waals surface area contributed by atoms with Crippen LogP contribution in [0.2, 0.25) is 0 Å². The number of carbonyl (C=O) groups is 1. The SMILES string of the molecule is CC(C)(C)OC(=O)NOc1cccc(N)c1. The lowest BCUT2D eigenvalue weighted by molar-refractivity contribution is 0.0287. The minimum atomic E-state index is -0.644. The van der Waals surface area contributed by atoms with E-state index in [1.54, 1.807) is 45.0 Å². The quantitative estimate of drug-likeness (QED) is 0.596. The Bertz CT molecular complexity index is 372. The molecule has 88 valence electrons. The van der Waals surface area contributed by atoms with Crippen molar-refractivity contribution in [2.75, 3.05) is 5.73 Å². The predicted molar refractivity (Wildman–Crippen MR) is 60.9 cm³/mol. The molecule has 0 aliphatic carbocycles. The Labute approximate surface area is 94.5 Å². The van der Waals surface area contributed by atoms with Crippen molar-refractivity contribution in [1.29, 1.82) is 0 Å². The number of anilines is 1. The maximum Gasteiger partial charge on any atom is 0.441 e. The number of nitrogen functional groups attached to an aromatic ring is 1. The van der Waals surface area contributed by atoms with Crippen molar-refractivity contribution >= 4 is 11.8 Å². The molecule has 0 bridgehead atoms. The normalized spacial score (nSPS) is 10.7. The van der Waals surface area contributed by atoms with Crippen molar-refractivity contribution < 1.29 is 14.4 Å². The summed E-state index contributed by atoms with van der Waals surface area (Å²) in [5, 5.41) is 0. The molecular formula is C11H16N2O3. The molecule has 0 atom stereocenters. The molecule has 1 rings (SSSR count). The van der Waals surface area contributed by atoms with E-state index in [2.05, 4.69) is 5.48 Å². The predicted octanol–water partition coefficient (Wildman–Crippen LogP) is 2.09. The fraction of sp³-hybridized carbons (Fsp3) is 0.364. The fourth-order valence-corrected chi connectivity index (χ4v) is 0.978. The first-order valence-electron chi connectivity index (χ1n) is 4.88.